The molecule has 0 aliphatic carbocycles. The van der Waals surface area contributed by atoms with Crippen molar-refractivity contribution in [2.24, 2.45) is 5.92 Å². The van der Waals surface area contributed by atoms with Crippen LogP contribution in [0.1, 0.15) is 20.3 Å². The van der Waals surface area contributed by atoms with Crippen molar-refractivity contribution >= 4 is 8.03 Å². The molecular weight excluding hydrogens is 195 g/mol. The summed E-state index contributed by atoms with van der Waals surface area (Å²) >= 11 is 0. The van der Waals surface area contributed by atoms with Gasteiger partial charge in [0.25, 0.3) is 0 Å². The zero-order valence-electron chi connectivity index (χ0n) is 8.64. The third kappa shape index (κ3) is 4.38. The van der Waals surface area contributed by atoms with Gasteiger partial charge in [-0.05, 0) is 29.0 Å². The van der Waals surface area contributed by atoms with E-state index in [1.54, 1.807) is 0 Å². The molecule has 0 fully saturated rings. The Kier molecular flexibility index (Phi) is 4.61. The molecule has 0 aliphatic rings. The van der Waals surface area contributed by atoms with Crippen LogP contribution >= 0.6 is 8.03 Å². The van der Waals surface area contributed by atoms with Gasteiger partial charge in [0.05, 0.1) is 0 Å². The lowest BCUT2D eigenvalue weighted by atomic mass is 10.2. The molecule has 0 spiro atoms. The van der Waals surface area contributed by atoms with Crippen LogP contribution in [-0.4, -0.2) is 6.16 Å². The number of para-hydroxylation sites is 1. The summed E-state index contributed by atoms with van der Waals surface area (Å²) in [5.74, 6) is 1.27. The van der Waals surface area contributed by atoms with Gasteiger partial charge in [0, 0.05) is 0 Å². The minimum atomic E-state index is -1.54. The quantitative estimate of drug-likeness (QED) is 0.691. The van der Waals surface area contributed by atoms with Crippen LogP contribution in [0.25, 0.3) is 0 Å². The predicted molar refractivity (Wildman–Crippen MR) is 59.0 cm³/mol. The zero-order chi connectivity index (χ0) is 10.4. The van der Waals surface area contributed by atoms with E-state index in [9.17, 15) is 4.57 Å². The van der Waals surface area contributed by atoms with Crippen molar-refractivity contribution in [2.45, 2.75) is 20.3 Å². The molecule has 0 amide bonds. The van der Waals surface area contributed by atoms with E-state index in [1.165, 1.54) is 0 Å². The maximum absolute atomic E-state index is 11.4. The second-order valence-electron chi connectivity index (χ2n) is 3.64. The topological polar surface area (TPSA) is 26.3 Å². The van der Waals surface area contributed by atoms with E-state index < -0.39 is 8.03 Å². The Labute approximate surface area is 86.2 Å². The summed E-state index contributed by atoms with van der Waals surface area (Å²) in [5, 5.41) is 0. The number of rotatable bonds is 5. The lowest BCUT2D eigenvalue weighted by Crippen LogP contribution is -1.92. The molecule has 3 heteroatoms. The Morgan fingerprint density at radius 1 is 1.29 bits per heavy atom. The highest BCUT2D eigenvalue weighted by Crippen LogP contribution is 2.28. The van der Waals surface area contributed by atoms with Gasteiger partial charge in [0.2, 0.25) is 0 Å². The lowest BCUT2D eigenvalue weighted by Gasteiger charge is -1.96. The van der Waals surface area contributed by atoms with E-state index in [2.05, 4.69) is 13.8 Å². The fraction of sp³-hybridized carbons (Fsp3) is 0.455. The van der Waals surface area contributed by atoms with Crippen molar-refractivity contribution in [3.05, 3.63) is 30.3 Å². The average molecular weight is 211 g/mol. The summed E-state index contributed by atoms with van der Waals surface area (Å²) in [6.07, 6.45) is 1.59. The smallest absolute Gasteiger partial charge is 0.254 e. The largest absolute Gasteiger partial charge is 0.556 e. The summed E-state index contributed by atoms with van der Waals surface area (Å²) in [7, 11) is -1.54. The Balaban J connectivity index is 2.35. The van der Waals surface area contributed by atoms with Crippen molar-refractivity contribution in [1.29, 1.82) is 0 Å². The molecule has 14 heavy (non-hydrogen) atoms. The van der Waals surface area contributed by atoms with Crippen LogP contribution < -0.4 is 4.52 Å². The van der Waals surface area contributed by atoms with Crippen LogP contribution in [-0.2, 0) is 4.57 Å². The highest BCUT2D eigenvalue weighted by Gasteiger charge is 2.18. The summed E-state index contributed by atoms with van der Waals surface area (Å²) in [6.45, 7) is 4.23. The van der Waals surface area contributed by atoms with Crippen molar-refractivity contribution < 1.29 is 9.09 Å². The molecule has 1 aromatic carbocycles. The molecule has 0 saturated heterocycles. The van der Waals surface area contributed by atoms with Crippen LogP contribution in [0.3, 0.4) is 0 Å². The first-order chi connectivity index (χ1) is 6.68. The van der Waals surface area contributed by atoms with E-state index in [0.29, 0.717) is 17.8 Å². The maximum Gasteiger partial charge on any atom is 0.556 e. The molecule has 1 rings (SSSR count). The highest BCUT2D eigenvalue weighted by molar-refractivity contribution is 7.39. The second kappa shape index (κ2) is 5.77. The van der Waals surface area contributed by atoms with Crippen molar-refractivity contribution in [3.63, 3.8) is 0 Å². The first kappa shape index (κ1) is 11.2. The van der Waals surface area contributed by atoms with Crippen LogP contribution in [0.4, 0.5) is 0 Å². The molecular formula is C11H16O2P+. The number of hydrogen-bond donors (Lipinski definition) is 0. The zero-order valence-corrected chi connectivity index (χ0v) is 9.54. The number of benzene rings is 1. The molecule has 0 saturated carbocycles. The van der Waals surface area contributed by atoms with Crippen molar-refractivity contribution in [2.75, 3.05) is 6.16 Å². The molecule has 0 aliphatic heterocycles. The standard InChI is InChI=1S/C11H16O2P/c1-10(2)8-9-14(12)13-11-6-4-3-5-7-11/h3-7,10H,8-9H2,1-2H3/q+1. The van der Waals surface area contributed by atoms with Crippen LogP contribution in [0.2, 0.25) is 0 Å². The summed E-state index contributed by atoms with van der Waals surface area (Å²) < 4.78 is 16.7. The van der Waals surface area contributed by atoms with Gasteiger partial charge in [0.1, 0.15) is 0 Å². The first-order valence-electron chi connectivity index (χ1n) is 4.86. The van der Waals surface area contributed by atoms with E-state index in [-0.39, 0.29) is 0 Å². The van der Waals surface area contributed by atoms with Gasteiger partial charge in [-0.2, -0.15) is 0 Å². The molecule has 0 heterocycles. The minimum absolute atomic E-state index is 0.577. The van der Waals surface area contributed by atoms with Gasteiger partial charge in [-0.3, -0.25) is 4.52 Å². The number of hydrogen-bond acceptors (Lipinski definition) is 2. The van der Waals surface area contributed by atoms with Gasteiger partial charge in [-0.1, -0.05) is 32.0 Å². The highest BCUT2D eigenvalue weighted by atomic mass is 31.1. The third-order valence-corrected chi connectivity index (χ3v) is 2.88. The van der Waals surface area contributed by atoms with Gasteiger partial charge in [-0.15, -0.1) is 0 Å². The molecule has 1 unspecified atom stereocenters. The van der Waals surface area contributed by atoms with Crippen molar-refractivity contribution in [3.8, 4) is 5.75 Å². The summed E-state index contributed by atoms with van der Waals surface area (Å²) in [4.78, 5) is 0. The summed E-state index contributed by atoms with van der Waals surface area (Å²) in [5.41, 5.74) is 0. The molecule has 0 radical (unpaired) electrons. The van der Waals surface area contributed by atoms with E-state index in [4.69, 9.17) is 4.52 Å². The van der Waals surface area contributed by atoms with Gasteiger partial charge in [0.15, 0.2) is 11.9 Å². The predicted octanol–water partition coefficient (Wildman–Crippen LogP) is 3.85. The molecule has 0 N–H and O–H groups in total. The lowest BCUT2D eigenvalue weighted by molar-refractivity contribution is 0.496. The van der Waals surface area contributed by atoms with Gasteiger partial charge < -0.3 is 0 Å². The van der Waals surface area contributed by atoms with Gasteiger partial charge in [-0.25, -0.2) is 0 Å². The van der Waals surface area contributed by atoms with Crippen molar-refractivity contribution in [1.82, 2.24) is 0 Å². The molecule has 76 valence electrons. The Bertz CT molecular complexity index is 283. The molecule has 0 aromatic heterocycles. The Morgan fingerprint density at radius 2 is 1.93 bits per heavy atom. The molecule has 2 nitrogen and oxygen atoms in total. The van der Waals surface area contributed by atoms with E-state index in [1.807, 2.05) is 30.3 Å². The summed E-state index contributed by atoms with van der Waals surface area (Å²) in [6, 6.07) is 9.31. The third-order valence-electron chi connectivity index (χ3n) is 1.84. The van der Waals surface area contributed by atoms with Gasteiger partial charge >= 0.3 is 8.03 Å². The van der Waals surface area contributed by atoms with Crippen LogP contribution in [0, 0.1) is 5.92 Å². The fourth-order valence-electron chi connectivity index (χ4n) is 1.01. The Morgan fingerprint density at radius 3 is 2.50 bits per heavy atom. The SMILES string of the molecule is CC(C)CC[P+](=O)Oc1ccccc1. The fourth-order valence-corrected chi connectivity index (χ4v) is 2.18. The second-order valence-corrected chi connectivity index (χ2v) is 4.94. The minimum Gasteiger partial charge on any atom is -0.254 e. The molecule has 1 atom stereocenters. The molecule has 1 aromatic rings. The van der Waals surface area contributed by atoms with Crippen LogP contribution in [0.5, 0.6) is 5.75 Å². The molecule has 0 bridgehead atoms. The van der Waals surface area contributed by atoms with Crippen LogP contribution in [0.15, 0.2) is 30.3 Å². The Hall–Kier alpha value is -0.880. The van der Waals surface area contributed by atoms with E-state index >= 15 is 0 Å². The normalized spacial score (nSPS) is 11.5. The first-order valence-corrected chi connectivity index (χ1v) is 6.22. The maximum atomic E-state index is 11.4. The monoisotopic (exact) mass is 211 g/mol. The average Bonchev–Trinajstić information content (AvgIpc) is 2.16. The van der Waals surface area contributed by atoms with E-state index in [0.717, 1.165) is 6.42 Å².